The lowest BCUT2D eigenvalue weighted by Gasteiger charge is -2.42. The molecule has 2 rings (SSSR count). The van der Waals surface area contributed by atoms with Crippen LogP contribution in [0.3, 0.4) is 0 Å². The third-order valence-electron chi connectivity index (χ3n) is 4.24. The first kappa shape index (κ1) is 10.7. The molecule has 0 aliphatic heterocycles. The van der Waals surface area contributed by atoms with Crippen molar-refractivity contribution in [3.63, 3.8) is 0 Å². The van der Waals surface area contributed by atoms with Gasteiger partial charge in [0.2, 0.25) is 0 Å². The second-order valence-corrected chi connectivity index (χ2v) is 5.48. The molecule has 1 fully saturated rings. The highest BCUT2D eigenvalue weighted by Gasteiger charge is 2.38. The zero-order valence-corrected chi connectivity index (χ0v) is 9.81. The fraction of sp³-hybridized carbons (Fsp3) is 0.643. The molecular weight excluding hydrogens is 184 g/mol. The van der Waals surface area contributed by atoms with Crippen LogP contribution < -0.4 is 0 Å². The molecule has 1 saturated carbocycles. The van der Waals surface area contributed by atoms with Gasteiger partial charge in [0.25, 0.3) is 0 Å². The van der Waals surface area contributed by atoms with Crippen LogP contribution in [-0.4, -0.2) is 5.78 Å². The molecule has 2 aliphatic rings. The van der Waals surface area contributed by atoms with Crippen LogP contribution in [0, 0.1) is 11.3 Å². The molecule has 2 aliphatic carbocycles. The van der Waals surface area contributed by atoms with E-state index >= 15 is 0 Å². The lowest BCUT2D eigenvalue weighted by molar-refractivity contribution is -0.115. The molecule has 0 amide bonds. The van der Waals surface area contributed by atoms with Crippen LogP contribution in [0.15, 0.2) is 23.8 Å². The quantitative estimate of drug-likeness (QED) is 0.596. The van der Waals surface area contributed by atoms with Gasteiger partial charge in [-0.05, 0) is 50.0 Å². The number of carbonyl (C=O) groups excluding carboxylic acids is 1. The largest absolute Gasteiger partial charge is 0.295 e. The van der Waals surface area contributed by atoms with Crippen molar-refractivity contribution in [3.8, 4) is 0 Å². The summed E-state index contributed by atoms with van der Waals surface area (Å²) in [6.07, 6.45) is 7.26. The third kappa shape index (κ3) is 1.92. The lowest BCUT2D eigenvalue weighted by atomic mass is 9.62. The molecule has 1 heteroatoms. The van der Waals surface area contributed by atoms with Crippen molar-refractivity contribution in [2.24, 2.45) is 11.3 Å². The zero-order chi connectivity index (χ0) is 11.1. The maximum Gasteiger partial charge on any atom is 0.155 e. The Hall–Kier alpha value is -0.850. The summed E-state index contributed by atoms with van der Waals surface area (Å²) in [4.78, 5) is 11.4. The first-order chi connectivity index (χ1) is 7.01. The number of hydrogen-bond donors (Lipinski definition) is 0. The molecule has 0 spiro atoms. The number of fused-ring (bicyclic) bond motifs is 1. The van der Waals surface area contributed by atoms with Crippen LogP contribution in [0.1, 0.15) is 46.0 Å². The average Bonchev–Trinajstić information content (AvgIpc) is 2.18. The summed E-state index contributed by atoms with van der Waals surface area (Å²) in [5.41, 5.74) is 2.98. The summed E-state index contributed by atoms with van der Waals surface area (Å²) in [5, 5.41) is 0. The first-order valence-corrected chi connectivity index (χ1v) is 5.90. The van der Waals surface area contributed by atoms with Crippen LogP contribution in [-0.2, 0) is 4.79 Å². The number of carbonyl (C=O) groups is 1. The summed E-state index contributed by atoms with van der Waals surface area (Å²) >= 11 is 0. The van der Waals surface area contributed by atoms with E-state index in [2.05, 4.69) is 20.4 Å². The van der Waals surface area contributed by atoms with E-state index in [1.165, 1.54) is 24.0 Å². The van der Waals surface area contributed by atoms with Crippen LogP contribution in [0.2, 0.25) is 0 Å². The lowest BCUT2D eigenvalue weighted by Crippen LogP contribution is -2.31. The molecule has 0 bridgehead atoms. The summed E-state index contributed by atoms with van der Waals surface area (Å²) in [7, 11) is 0. The Labute approximate surface area is 92.3 Å². The maximum atomic E-state index is 11.4. The minimum absolute atomic E-state index is 0.319. The van der Waals surface area contributed by atoms with Gasteiger partial charge >= 0.3 is 0 Å². The summed E-state index contributed by atoms with van der Waals surface area (Å²) in [5.74, 6) is 0.931. The fourth-order valence-electron chi connectivity index (χ4n) is 2.87. The van der Waals surface area contributed by atoms with Crippen molar-refractivity contribution in [2.75, 3.05) is 0 Å². The van der Waals surface area contributed by atoms with Crippen molar-refractivity contribution in [3.05, 3.63) is 23.8 Å². The van der Waals surface area contributed by atoms with Crippen LogP contribution in [0.5, 0.6) is 0 Å². The van der Waals surface area contributed by atoms with Crippen molar-refractivity contribution in [1.82, 2.24) is 0 Å². The van der Waals surface area contributed by atoms with Crippen molar-refractivity contribution in [1.29, 1.82) is 0 Å². The molecule has 0 aromatic rings. The van der Waals surface area contributed by atoms with Crippen molar-refractivity contribution < 1.29 is 4.79 Å². The average molecular weight is 204 g/mol. The molecule has 0 radical (unpaired) electrons. The zero-order valence-electron chi connectivity index (χ0n) is 9.81. The van der Waals surface area contributed by atoms with Gasteiger partial charge in [0, 0.05) is 6.42 Å². The molecule has 0 aromatic carbocycles. The summed E-state index contributed by atoms with van der Waals surface area (Å²) in [6.45, 7) is 8.48. The van der Waals surface area contributed by atoms with E-state index < -0.39 is 0 Å². The van der Waals surface area contributed by atoms with Gasteiger partial charge in [-0.2, -0.15) is 0 Å². The van der Waals surface area contributed by atoms with Crippen molar-refractivity contribution in [2.45, 2.75) is 46.0 Å². The van der Waals surface area contributed by atoms with Crippen LogP contribution in [0.25, 0.3) is 0 Å². The van der Waals surface area contributed by atoms with E-state index in [0.717, 1.165) is 19.3 Å². The molecule has 0 saturated heterocycles. The molecule has 0 aromatic heterocycles. The van der Waals surface area contributed by atoms with E-state index in [-0.39, 0.29) is 0 Å². The number of ketones is 1. The Bertz CT molecular complexity index is 337. The fourth-order valence-corrected chi connectivity index (χ4v) is 2.87. The molecule has 1 unspecified atom stereocenters. The third-order valence-corrected chi connectivity index (χ3v) is 4.24. The standard InChI is InChI=1S/C14H20O/c1-10(2)11-4-6-14(3)7-5-13(15)9-12(14)8-11/h9,11H,1,4-8H2,2-3H3/t11-,14?/m1/s1. The van der Waals surface area contributed by atoms with E-state index in [9.17, 15) is 4.79 Å². The number of rotatable bonds is 1. The van der Waals surface area contributed by atoms with E-state index in [4.69, 9.17) is 0 Å². The molecule has 15 heavy (non-hydrogen) atoms. The Morgan fingerprint density at radius 1 is 1.53 bits per heavy atom. The normalized spacial score (nSPS) is 35.7. The molecular formula is C14H20O. The smallest absolute Gasteiger partial charge is 0.155 e. The Morgan fingerprint density at radius 3 is 2.93 bits per heavy atom. The van der Waals surface area contributed by atoms with Crippen molar-refractivity contribution >= 4 is 5.78 Å². The monoisotopic (exact) mass is 204 g/mol. The molecule has 82 valence electrons. The summed E-state index contributed by atoms with van der Waals surface area (Å²) in [6, 6.07) is 0. The van der Waals surface area contributed by atoms with E-state index in [0.29, 0.717) is 17.1 Å². The second-order valence-electron chi connectivity index (χ2n) is 5.48. The molecule has 0 heterocycles. The predicted octanol–water partition coefficient (Wildman–Crippen LogP) is 3.66. The van der Waals surface area contributed by atoms with Gasteiger partial charge in [-0.15, -0.1) is 0 Å². The molecule has 0 N–H and O–H groups in total. The number of allylic oxidation sites excluding steroid dienone is 3. The van der Waals surface area contributed by atoms with Gasteiger partial charge in [-0.25, -0.2) is 0 Å². The van der Waals surface area contributed by atoms with E-state index in [1.54, 1.807) is 0 Å². The second kappa shape index (κ2) is 3.62. The van der Waals surface area contributed by atoms with Gasteiger partial charge in [0.1, 0.15) is 0 Å². The van der Waals surface area contributed by atoms with Crippen LogP contribution >= 0.6 is 0 Å². The number of hydrogen-bond acceptors (Lipinski definition) is 1. The Kier molecular flexibility index (Phi) is 2.57. The molecule has 2 atom stereocenters. The maximum absolute atomic E-state index is 11.4. The first-order valence-electron chi connectivity index (χ1n) is 5.90. The minimum atomic E-state index is 0.319. The highest BCUT2D eigenvalue weighted by atomic mass is 16.1. The summed E-state index contributed by atoms with van der Waals surface area (Å²) < 4.78 is 0. The Balaban J connectivity index is 2.23. The minimum Gasteiger partial charge on any atom is -0.295 e. The topological polar surface area (TPSA) is 17.1 Å². The SMILES string of the molecule is C=C(C)[C@@H]1CCC2(C)CCC(=O)C=C2C1. The predicted molar refractivity (Wildman–Crippen MR) is 62.6 cm³/mol. The van der Waals surface area contributed by atoms with Crippen LogP contribution in [0.4, 0.5) is 0 Å². The Morgan fingerprint density at radius 2 is 2.27 bits per heavy atom. The van der Waals surface area contributed by atoms with Gasteiger partial charge in [-0.1, -0.05) is 24.6 Å². The highest BCUT2D eigenvalue weighted by Crippen LogP contribution is 2.49. The molecule has 1 nitrogen and oxygen atoms in total. The van der Waals surface area contributed by atoms with E-state index in [1.807, 2.05) is 6.08 Å². The van der Waals surface area contributed by atoms with Gasteiger partial charge in [-0.3, -0.25) is 4.79 Å². The van der Waals surface area contributed by atoms with Gasteiger partial charge in [0.15, 0.2) is 5.78 Å². The van der Waals surface area contributed by atoms with Gasteiger partial charge < -0.3 is 0 Å². The highest BCUT2D eigenvalue weighted by molar-refractivity contribution is 5.91. The van der Waals surface area contributed by atoms with Gasteiger partial charge in [0.05, 0.1) is 0 Å².